The van der Waals surface area contributed by atoms with E-state index in [9.17, 15) is 5.11 Å². The van der Waals surface area contributed by atoms with Gasteiger partial charge in [0.05, 0.1) is 13.2 Å². The highest BCUT2D eigenvalue weighted by Crippen LogP contribution is 2.29. The van der Waals surface area contributed by atoms with Gasteiger partial charge in [-0.1, -0.05) is 26.3 Å². The fraction of sp³-hybridized carbons (Fsp3) is 0.647. The Hall–Kier alpha value is -1.26. The maximum Gasteiger partial charge on any atom is 0.128 e. The SMILES string of the molecule is COc1ccc(CNC(C)C)c(OC2CCCCC2O)c1. The maximum absolute atomic E-state index is 10.1. The molecule has 0 heterocycles. The Bertz CT molecular complexity index is 448. The lowest BCUT2D eigenvalue weighted by atomic mass is 9.95. The maximum atomic E-state index is 10.1. The standard InChI is InChI=1S/C17H27NO3/c1-12(2)18-11-13-8-9-14(20-3)10-17(13)21-16-7-5-4-6-15(16)19/h8-10,12,15-16,18-19H,4-7,11H2,1-3H3. The van der Waals surface area contributed by atoms with Gasteiger partial charge in [0.25, 0.3) is 0 Å². The lowest BCUT2D eigenvalue weighted by molar-refractivity contribution is 0.00625. The number of nitrogens with one attached hydrogen (secondary N) is 1. The van der Waals surface area contributed by atoms with Crippen molar-refractivity contribution >= 4 is 0 Å². The molecule has 2 N–H and O–H groups in total. The summed E-state index contributed by atoms with van der Waals surface area (Å²) in [7, 11) is 1.65. The van der Waals surface area contributed by atoms with Gasteiger partial charge in [-0.15, -0.1) is 0 Å². The van der Waals surface area contributed by atoms with E-state index in [0.717, 1.165) is 49.3 Å². The molecule has 1 aliphatic rings. The van der Waals surface area contributed by atoms with E-state index in [-0.39, 0.29) is 12.2 Å². The van der Waals surface area contributed by atoms with Gasteiger partial charge in [0.1, 0.15) is 17.6 Å². The molecule has 0 radical (unpaired) electrons. The molecule has 1 aromatic rings. The Morgan fingerprint density at radius 2 is 2.05 bits per heavy atom. The first-order chi connectivity index (χ1) is 10.1. The highest BCUT2D eigenvalue weighted by molar-refractivity contribution is 5.41. The van der Waals surface area contributed by atoms with Crippen LogP contribution in [0.3, 0.4) is 0 Å². The molecule has 1 saturated carbocycles. The van der Waals surface area contributed by atoms with Gasteiger partial charge in [0.2, 0.25) is 0 Å². The fourth-order valence-electron chi connectivity index (χ4n) is 2.61. The molecule has 1 fully saturated rings. The zero-order valence-electron chi connectivity index (χ0n) is 13.3. The predicted octanol–water partition coefficient (Wildman–Crippen LogP) is 2.88. The average molecular weight is 293 g/mol. The highest BCUT2D eigenvalue weighted by atomic mass is 16.5. The summed E-state index contributed by atoms with van der Waals surface area (Å²) in [5.74, 6) is 1.59. The number of hydrogen-bond acceptors (Lipinski definition) is 4. The number of aliphatic hydroxyl groups excluding tert-OH is 1. The van der Waals surface area contributed by atoms with Crippen LogP contribution in [0.1, 0.15) is 45.1 Å². The Morgan fingerprint density at radius 1 is 1.29 bits per heavy atom. The molecule has 0 aromatic heterocycles. The minimum absolute atomic E-state index is 0.108. The van der Waals surface area contributed by atoms with Gasteiger partial charge in [0, 0.05) is 24.2 Å². The van der Waals surface area contributed by atoms with Gasteiger partial charge in [-0.05, 0) is 25.3 Å². The van der Waals surface area contributed by atoms with Gasteiger partial charge in [-0.25, -0.2) is 0 Å². The molecule has 2 atom stereocenters. The lowest BCUT2D eigenvalue weighted by Crippen LogP contribution is -2.35. The van der Waals surface area contributed by atoms with E-state index in [4.69, 9.17) is 9.47 Å². The predicted molar refractivity (Wildman–Crippen MR) is 83.9 cm³/mol. The van der Waals surface area contributed by atoms with Crippen molar-refractivity contribution in [2.75, 3.05) is 7.11 Å². The van der Waals surface area contributed by atoms with E-state index in [1.54, 1.807) is 7.11 Å². The second kappa shape index (κ2) is 7.66. The molecule has 1 aromatic carbocycles. The van der Waals surface area contributed by atoms with Crippen molar-refractivity contribution in [3.05, 3.63) is 23.8 Å². The van der Waals surface area contributed by atoms with Crippen molar-refractivity contribution in [1.29, 1.82) is 0 Å². The monoisotopic (exact) mass is 293 g/mol. The molecule has 4 heteroatoms. The molecular formula is C17H27NO3. The third-order valence-corrected chi connectivity index (χ3v) is 3.92. The Kier molecular flexibility index (Phi) is 5.88. The number of aliphatic hydroxyl groups is 1. The molecule has 118 valence electrons. The first kappa shape index (κ1) is 16.1. The van der Waals surface area contributed by atoms with Crippen LogP contribution in [0.15, 0.2) is 18.2 Å². The van der Waals surface area contributed by atoms with Crippen LogP contribution in [0.2, 0.25) is 0 Å². The summed E-state index contributed by atoms with van der Waals surface area (Å²) in [6.45, 7) is 4.99. The third-order valence-electron chi connectivity index (χ3n) is 3.92. The van der Waals surface area contributed by atoms with Gasteiger partial charge < -0.3 is 19.9 Å². The first-order valence-corrected chi connectivity index (χ1v) is 7.85. The minimum Gasteiger partial charge on any atom is -0.497 e. The summed E-state index contributed by atoms with van der Waals surface area (Å²) >= 11 is 0. The van der Waals surface area contributed by atoms with Crippen molar-refractivity contribution in [3.8, 4) is 11.5 Å². The molecular weight excluding hydrogens is 266 g/mol. The van der Waals surface area contributed by atoms with Crippen molar-refractivity contribution < 1.29 is 14.6 Å². The zero-order valence-corrected chi connectivity index (χ0v) is 13.3. The van der Waals surface area contributed by atoms with Gasteiger partial charge >= 0.3 is 0 Å². The van der Waals surface area contributed by atoms with Gasteiger partial charge in [-0.3, -0.25) is 0 Å². The Morgan fingerprint density at radius 3 is 2.71 bits per heavy atom. The quantitative estimate of drug-likeness (QED) is 0.847. The van der Waals surface area contributed by atoms with Crippen LogP contribution in [-0.2, 0) is 6.54 Å². The smallest absolute Gasteiger partial charge is 0.128 e. The molecule has 0 saturated heterocycles. The normalized spacial score (nSPS) is 22.3. The molecule has 2 rings (SSSR count). The molecule has 0 aliphatic heterocycles. The molecule has 2 unspecified atom stereocenters. The van der Waals surface area contributed by atoms with Crippen molar-refractivity contribution in [1.82, 2.24) is 5.32 Å². The van der Waals surface area contributed by atoms with E-state index in [2.05, 4.69) is 19.2 Å². The second-order valence-electron chi connectivity index (χ2n) is 6.02. The van der Waals surface area contributed by atoms with E-state index < -0.39 is 0 Å². The summed E-state index contributed by atoms with van der Waals surface area (Å²) in [5, 5.41) is 13.5. The van der Waals surface area contributed by atoms with E-state index in [1.165, 1.54) is 0 Å². The molecule has 4 nitrogen and oxygen atoms in total. The third kappa shape index (κ3) is 4.61. The summed E-state index contributed by atoms with van der Waals surface area (Å²) in [6, 6.07) is 6.30. The minimum atomic E-state index is -0.365. The van der Waals surface area contributed by atoms with Crippen LogP contribution in [-0.4, -0.2) is 30.5 Å². The number of hydrogen-bond donors (Lipinski definition) is 2. The van der Waals surface area contributed by atoms with Crippen LogP contribution < -0.4 is 14.8 Å². The molecule has 1 aliphatic carbocycles. The van der Waals surface area contributed by atoms with Crippen LogP contribution in [0, 0.1) is 0 Å². The Balaban J connectivity index is 2.13. The van der Waals surface area contributed by atoms with Crippen molar-refractivity contribution in [2.45, 2.75) is 64.3 Å². The van der Waals surface area contributed by atoms with Crippen LogP contribution in [0.25, 0.3) is 0 Å². The number of rotatable bonds is 6. The highest BCUT2D eigenvalue weighted by Gasteiger charge is 2.25. The van der Waals surface area contributed by atoms with E-state index in [0.29, 0.717) is 6.04 Å². The Labute approximate surface area is 127 Å². The summed E-state index contributed by atoms with van der Waals surface area (Å²) in [4.78, 5) is 0. The van der Waals surface area contributed by atoms with Gasteiger partial charge in [0.15, 0.2) is 0 Å². The van der Waals surface area contributed by atoms with E-state index >= 15 is 0 Å². The fourth-order valence-corrected chi connectivity index (χ4v) is 2.61. The lowest BCUT2D eigenvalue weighted by Gasteiger charge is -2.29. The van der Waals surface area contributed by atoms with Crippen LogP contribution >= 0.6 is 0 Å². The number of methoxy groups -OCH3 is 1. The van der Waals surface area contributed by atoms with Gasteiger partial charge in [-0.2, -0.15) is 0 Å². The topological polar surface area (TPSA) is 50.7 Å². The van der Waals surface area contributed by atoms with Crippen molar-refractivity contribution in [3.63, 3.8) is 0 Å². The summed E-state index contributed by atoms with van der Waals surface area (Å²) in [6.07, 6.45) is 3.47. The van der Waals surface area contributed by atoms with Crippen LogP contribution in [0.5, 0.6) is 11.5 Å². The number of benzene rings is 1. The first-order valence-electron chi connectivity index (χ1n) is 7.85. The molecule has 21 heavy (non-hydrogen) atoms. The second-order valence-corrected chi connectivity index (χ2v) is 6.02. The number of ether oxygens (including phenoxy) is 2. The summed E-state index contributed by atoms with van der Waals surface area (Å²) < 4.78 is 11.4. The zero-order chi connectivity index (χ0) is 15.2. The van der Waals surface area contributed by atoms with E-state index in [1.807, 2.05) is 18.2 Å². The molecule has 0 amide bonds. The van der Waals surface area contributed by atoms with Crippen molar-refractivity contribution in [2.24, 2.45) is 0 Å². The molecule has 0 bridgehead atoms. The largest absolute Gasteiger partial charge is 0.497 e. The summed E-state index contributed by atoms with van der Waals surface area (Å²) in [5.41, 5.74) is 1.10. The molecule has 0 spiro atoms. The van der Waals surface area contributed by atoms with Crippen LogP contribution in [0.4, 0.5) is 0 Å². The average Bonchev–Trinajstić information content (AvgIpc) is 2.48.